The highest BCUT2D eigenvalue weighted by Gasteiger charge is 1.76. The first-order valence-corrected chi connectivity index (χ1v) is 3.25. The van der Waals surface area contributed by atoms with Crippen LogP contribution in [0.1, 0.15) is 20.3 Å². The molecule has 0 rings (SSSR count). The number of rotatable bonds is 3. The van der Waals surface area contributed by atoms with Gasteiger partial charge in [-0.1, -0.05) is 30.7 Å². The van der Waals surface area contributed by atoms with Gasteiger partial charge in [-0.25, -0.2) is 0 Å². The molecule has 0 spiro atoms. The molecule has 0 bridgehead atoms. The van der Waals surface area contributed by atoms with Crippen molar-refractivity contribution in [2.24, 2.45) is 0 Å². The molecule has 0 saturated carbocycles. The lowest BCUT2D eigenvalue weighted by Gasteiger charge is -1.86. The molecule has 0 atom stereocenters. The van der Waals surface area contributed by atoms with Crippen molar-refractivity contribution >= 4 is 0 Å². The van der Waals surface area contributed by atoms with Crippen molar-refractivity contribution in [1.82, 2.24) is 0 Å². The standard InChI is InChI=1S/C8H14O/c1-3-4-5-8(2)6-7-9/h4-6,9H,3,7H2,1-2H3. The molecule has 0 radical (unpaired) electrons. The Morgan fingerprint density at radius 3 is 2.67 bits per heavy atom. The minimum atomic E-state index is 0.139. The Labute approximate surface area is 56.7 Å². The Bertz CT molecular complexity index is 112. The summed E-state index contributed by atoms with van der Waals surface area (Å²) >= 11 is 0. The second-order valence-corrected chi connectivity index (χ2v) is 1.94. The van der Waals surface area contributed by atoms with E-state index in [1.807, 2.05) is 13.0 Å². The van der Waals surface area contributed by atoms with Gasteiger partial charge in [0.05, 0.1) is 6.61 Å². The summed E-state index contributed by atoms with van der Waals surface area (Å²) in [6.07, 6.45) is 6.92. The highest BCUT2D eigenvalue weighted by molar-refractivity contribution is 5.15. The molecule has 0 heterocycles. The first kappa shape index (κ1) is 8.44. The lowest BCUT2D eigenvalue weighted by molar-refractivity contribution is 0.342. The van der Waals surface area contributed by atoms with E-state index in [0.717, 1.165) is 12.0 Å². The molecule has 0 aliphatic carbocycles. The van der Waals surface area contributed by atoms with Crippen molar-refractivity contribution in [2.45, 2.75) is 20.3 Å². The van der Waals surface area contributed by atoms with Gasteiger partial charge >= 0.3 is 0 Å². The van der Waals surface area contributed by atoms with Crippen LogP contribution in [0.4, 0.5) is 0 Å². The molecule has 1 N–H and O–H groups in total. The summed E-state index contributed by atoms with van der Waals surface area (Å²) in [5.74, 6) is 0. The van der Waals surface area contributed by atoms with Crippen LogP contribution in [0, 0.1) is 0 Å². The fraction of sp³-hybridized carbons (Fsp3) is 0.500. The molecular formula is C8H14O. The van der Waals surface area contributed by atoms with E-state index in [1.165, 1.54) is 0 Å². The number of allylic oxidation sites excluding steroid dienone is 3. The fourth-order valence-corrected chi connectivity index (χ4v) is 0.516. The summed E-state index contributed by atoms with van der Waals surface area (Å²) in [5, 5.41) is 8.43. The van der Waals surface area contributed by atoms with Crippen LogP contribution in [0.3, 0.4) is 0 Å². The van der Waals surface area contributed by atoms with Crippen LogP contribution < -0.4 is 0 Å². The molecule has 1 heteroatoms. The zero-order valence-electron chi connectivity index (χ0n) is 6.09. The van der Waals surface area contributed by atoms with Crippen LogP contribution in [-0.2, 0) is 0 Å². The SMILES string of the molecule is CCC=CC(C)=CCO. The topological polar surface area (TPSA) is 20.2 Å². The Hall–Kier alpha value is -0.560. The van der Waals surface area contributed by atoms with E-state index >= 15 is 0 Å². The first-order chi connectivity index (χ1) is 4.31. The van der Waals surface area contributed by atoms with Crippen molar-refractivity contribution in [2.75, 3.05) is 6.61 Å². The molecule has 0 fully saturated rings. The molecule has 0 aromatic carbocycles. The van der Waals surface area contributed by atoms with Crippen molar-refractivity contribution in [3.05, 3.63) is 23.8 Å². The molecule has 1 nitrogen and oxygen atoms in total. The van der Waals surface area contributed by atoms with Gasteiger partial charge in [0.1, 0.15) is 0 Å². The van der Waals surface area contributed by atoms with Gasteiger partial charge in [0, 0.05) is 0 Å². The largest absolute Gasteiger partial charge is 0.392 e. The molecule has 0 aliphatic heterocycles. The van der Waals surface area contributed by atoms with Crippen LogP contribution >= 0.6 is 0 Å². The molecule has 0 unspecified atom stereocenters. The van der Waals surface area contributed by atoms with Gasteiger partial charge < -0.3 is 5.11 Å². The third-order valence-electron chi connectivity index (χ3n) is 1.03. The lowest BCUT2D eigenvalue weighted by atomic mass is 10.2. The molecule has 52 valence electrons. The van der Waals surface area contributed by atoms with Crippen LogP contribution in [0.25, 0.3) is 0 Å². The van der Waals surface area contributed by atoms with Gasteiger partial charge in [0.2, 0.25) is 0 Å². The van der Waals surface area contributed by atoms with Gasteiger partial charge in [-0.15, -0.1) is 0 Å². The summed E-state index contributed by atoms with van der Waals surface area (Å²) in [5.41, 5.74) is 1.12. The minimum Gasteiger partial charge on any atom is -0.392 e. The van der Waals surface area contributed by atoms with Crippen molar-refractivity contribution in [3.8, 4) is 0 Å². The predicted octanol–water partition coefficient (Wildman–Crippen LogP) is 1.89. The summed E-state index contributed by atoms with van der Waals surface area (Å²) in [6.45, 7) is 4.20. The van der Waals surface area contributed by atoms with E-state index in [9.17, 15) is 0 Å². The maximum atomic E-state index is 8.43. The minimum absolute atomic E-state index is 0.139. The van der Waals surface area contributed by atoms with Crippen LogP contribution in [0.5, 0.6) is 0 Å². The van der Waals surface area contributed by atoms with Gasteiger partial charge in [-0.05, 0) is 13.3 Å². The molecule has 0 aliphatic rings. The lowest BCUT2D eigenvalue weighted by Crippen LogP contribution is -1.74. The fourth-order valence-electron chi connectivity index (χ4n) is 0.516. The van der Waals surface area contributed by atoms with Crippen molar-refractivity contribution in [1.29, 1.82) is 0 Å². The van der Waals surface area contributed by atoms with Gasteiger partial charge in [-0.2, -0.15) is 0 Å². The Morgan fingerprint density at radius 1 is 1.56 bits per heavy atom. The van der Waals surface area contributed by atoms with Crippen LogP contribution in [0.2, 0.25) is 0 Å². The van der Waals surface area contributed by atoms with E-state index in [0.29, 0.717) is 0 Å². The van der Waals surface area contributed by atoms with Crippen LogP contribution in [-0.4, -0.2) is 11.7 Å². The zero-order valence-corrected chi connectivity index (χ0v) is 6.09. The van der Waals surface area contributed by atoms with Crippen molar-refractivity contribution in [3.63, 3.8) is 0 Å². The van der Waals surface area contributed by atoms with E-state index in [2.05, 4.69) is 13.0 Å². The smallest absolute Gasteiger partial charge is 0.0617 e. The van der Waals surface area contributed by atoms with E-state index in [1.54, 1.807) is 6.08 Å². The first-order valence-electron chi connectivity index (χ1n) is 3.25. The Balaban J connectivity index is 3.60. The normalized spacial score (nSPS) is 13.0. The molecule has 0 aromatic rings. The predicted molar refractivity (Wildman–Crippen MR) is 40.3 cm³/mol. The molecule has 9 heavy (non-hydrogen) atoms. The molecule has 0 aromatic heterocycles. The number of hydrogen-bond donors (Lipinski definition) is 1. The van der Waals surface area contributed by atoms with Gasteiger partial charge in [-0.3, -0.25) is 0 Å². The summed E-state index contributed by atoms with van der Waals surface area (Å²) in [6, 6.07) is 0. The third-order valence-corrected chi connectivity index (χ3v) is 1.03. The van der Waals surface area contributed by atoms with Gasteiger partial charge in [0.25, 0.3) is 0 Å². The average molecular weight is 126 g/mol. The van der Waals surface area contributed by atoms with E-state index in [-0.39, 0.29) is 6.61 Å². The third kappa shape index (κ3) is 5.31. The number of aliphatic hydroxyl groups is 1. The second kappa shape index (κ2) is 5.57. The maximum Gasteiger partial charge on any atom is 0.0617 e. The molecule has 0 amide bonds. The number of hydrogen-bond acceptors (Lipinski definition) is 1. The number of aliphatic hydroxyl groups excluding tert-OH is 1. The molecular weight excluding hydrogens is 112 g/mol. The quantitative estimate of drug-likeness (QED) is 0.572. The van der Waals surface area contributed by atoms with E-state index in [4.69, 9.17) is 5.11 Å². The highest BCUT2D eigenvalue weighted by atomic mass is 16.2. The van der Waals surface area contributed by atoms with E-state index < -0.39 is 0 Å². The summed E-state index contributed by atoms with van der Waals surface area (Å²) in [7, 11) is 0. The Morgan fingerprint density at radius 2 is 2.22 bits per heavy atom. The molecule has 0 saturated heterocycles. The zero-order chi connectivity index (χ0) is 7.11. The van der Waals surface area contributed by atoms with Crippen molar-refractivity contribution < 1.29 is 5.11 Å². The maximum absolute atomic E-state index is 8.43. The second-order valence-electron chi connectivity index (χ2n) is 1.94. The summed E-state index contributed by atoms with van der Waals surface area (Å²) < 4.78 is 0. The van der Waals surface area contributed by atoms with Gasteiger partial charge in [0.15, 0.2) is 0 Å². The monoisotopic (exact) mass is 126 g/mol. The van der Waals surface area contributed by atoms with Crippen LogP contribution in [0.15, 0.2) is 23.8 Å². The highest BCUT2D eigenvalue weighted by Crippen LogP contribution is 1.94. The Kier molecular flexibility index (Phi) is 5.23. The summed E-state index contributed by atoms with van der Waals surface area (Å²) in [4.78, 5) is 0. The average Bonchev–Trinajstić information content (AvgIpc) is 1.85.